The number of aromatic nitrogens is 5. The van der Waals surface area contributed by atoms with Crippen LogP contribution in [0.4, 0.5) is 4.79 Å². The molecule has 1 saturated heterocycles. The monoisotopic (exact) mass is 335 g/mol. The fourth-order valence-corrected chi connectivity index (χ4v) is 2.49. The number of H-pyrrole nitrogens is 1. The molecule has 0 saturated carbocycles. The fraction of sp³-hybridized carbons (Fsp3) is 0.643. The van der Waals surface area contributed by atoms with E-state index in [0.717, 1.165) is 19.4 Å². The topological polar surface area (TPSA) is 131 Å². The first-order chi connectivity index (χ1) is 11.6. The molecule has 0 radical (unpaired) electrons. The van der Waals surface area contributed by atoms with Crippen LogP contribution in [0.25, 0.3) is 11.6 Å². The molecule has 2 aromatic heterocycles. The van der Waals surface area contributed by atoms with Gasteiger partial charge in [-0.05, 0) is 18.8 Å². The molecule has 0 aliphatic carbocycles. The van der Waals surface area contributed by atoms with Gasteiger partial charge < -0.3 is 19.9 Å². The maximum Gasteiger partial charge on any atom is 0.315 e. The van der Waals surface area contributed by atoms with E-state index in [1.165, 1.54) is 6.33 Å². The van der Waals surface area contributed by atoms with Gasteiger partial charge in [0, 0.05) is 13.2 Å². The molecule has 24 heavy (non-hydrogen) atoms. The molecule has 3 heterocycles. The minimum absolute atomic E-state index is 0.0708. The van der Waals surface area contributed by atoms with E-state index in [9.17, 15) is 4.79 Å². The van der Waals surface area contributed by atoms with Crippen LogP contribution in [-0.2, 0) is 4.74 Å². The highest BCUT2D eigenvalue weighted by Crippen LogP contribution is 2.22. The Hall–Kier alpha value is -2.49. The zero-order valence-electron chi connectivity index (χ0n) is 13.7. The molecule has 0 spiro atoms. The van der Waals surface area contributed by atoms with Gasteiger partial charge in [0.1, 0.15) is 12.4 Å². The predicted octanol–water partition coefficient (Wildman–Crippen LogP) is 1.03. The predicted molar refractivity (Wildman–Crippen MR) is 82.8 cm³/mol. The number of carbonyl (C=O) groups excluding carboxylic acids is 1. The molecular formula is C14H21N7O3. The van der Waals surface area contributed by atoms with Crippen molar-refractivity contribution in [3.8, 4) is 11.6 Å². The van der Waals surface area contributed by atoms with E-state index in [2.05, 4.69) is 36.0 Å². The number of ether oxygens (including phenoxy) is 1. The number of rotatable bonds is 6. The largest absolute Gasteiger partial charge is 0.376 e. The van der Waals surface area contributed by atoms with Crippen molar-refractivity contribution in [2.75, 3.05) is 13.2 Å². The first-order valence-electron chi connectivity index (χ1n) is 7.99. The normalized spacial score (nSPS) is 18.7. The standard InChI is InChI=1S/C14H21N7O3/c1-8(2)10(18-14(22)15-6-9-4-3-5-23-9)13-19-12(21-24-13)11-16-7-17-20-11/h7-10H,3-6H2,1-2H3,(H2,15,18,22)(H,16,17,20)/t9-,10-/m1/s1. The Balaban J connectivity index is 1.60. The summed E-state index contributed by atoms with van der Waals surface area (Å²) in [5, 5.41) is 16.0. The van der Waals surface area contributed by atoms with Gasteiger partial charge in [0.05, 0.1) is 6.10 Å². The Morgan fingerprint density at radius 3 is 3.04 bits per heavy atom. The Kier molecular flexibility index (Phi) is 5.04. The third-order valence-corrected chi connectivity index (χ3v) is 3.80. The molecule has 1 aliphatic heterocycles. The van der Waals surface area contributed by atoms with Crippen molar-refractivity contribution >= 4 is 6.03 Å². The average molecular weight is 335 g/mol. The molecule has 3 N–H and O–H groups in total. The van der Waals surface area contributed by atoms with Crippen LogP contribution >= 0.6 is 0 Å². The molecule has 10 heteroatoms. The molecule has 3 rings (SSSR count). The van der Waals surface area contributed by atoms with Crippen LogP contribution in [0.5, 0.6) is 0 Å². The van der Waals surface area contributed by atoms with Crippen molar-refractivity contribution < 1.29 is 14.1 Å². The van der Waals surface area contributed by atoms with Gasteiger partial charge in [0.25, 0.3) is 0 Å². The second kappa shape index (κ2) is 7.39. The van der Waals surface area contributed by atoms with E-state index in [-0.39, 0.29) is 18.1 Å². The number of nitrogens with one attached hydrogen (secondary N) is 3. The lowest BCUT2D eigenvalue weighted by atomic mass is 10.0. The van der Waals surface area contributed by atoms with E-state index >= 15 is 0 Å². The quantitative estimate of drug-likeness (QED) is 0.718. The van der Waals surface area contributed by atoms with Crippen molar-refractivity contribution in [1.29, 1.82) is 0 Å². The van der Waals surface area contributed by atoms with Crippen molar-refractivity contribution in [3.63, 3.8) is 0 Å². The second-order valence-corrected chi connectivity index (χ2v) is 6.00. The lowest BCUT2D eigenvalue weighted by Gasteiger charge is -2.19. The summed E-state index contributed by atoms with van der Waals surface area (Å²) in [4.78, 5) is 20.4. The van der Waals surface area contributed by atoms with Gasteiger partial charge in [-0.1, -0.05) is 19.0 Å². The Labute approximate surface area is 138 Å². The fourth-order valence-electron chi connectivity index (χ4n) is 2.49. The molecule has 2 atom stereocenters. The minimum Gasteiger partial charge on any atom is -0.376 e. The molecule has 0 unspecified atom stereocenters. The third kappa shape index (κ3) is 3.88. The van der Waals surface area contributed by atoms with E-state index in [0.29, 0.717) is 24.1 Å². The van der Waals surface area contributed by atoms with Gasteiger partial charge >= 0.3 is 6.03 Å². The molecule has 1 fully saturated rings. The van der Waals surface area contributed by atoms with Crippen LogP contribution in [0.3, 0.4) is 0 Å². The second-order valence-electron chi connectivity index (χ2n) is 6.00. The number of nitrogens with zero attached hydrogens (tertiary/aromatic N) is 4. The summed E-state index contributed by atoms with van der Waals surface area (Å²) in [5.74, 6) is 1.11. The maximum atomic E-state index is 12.1. The van der Waals surface area contributed by atoms with E-state index < -0.39 is 6.04 Å². The van der Waals surface area contributed by atoms with Gasteiger partial charge in [-0.3, -0.25) is 5.10 Å². The number of hydrogen-bond acceptors (Lipinski definition) is 7. The lowest BCUT2D eigenvalue weighted by Crippen LogP contribution is -2.42. The smallest absolute Gasteiger partial charge is 0.315 e. The van der Waals surface area contributed by atoms with Crippen LogP contribution in [0.2, 0.25) is 0 Å². The lowest BCUT2D eigenvalue weighted by molar-refractivity contribution is 0.111. The average Bonchev–Trinajstić information content (AvgIpc) is 3.32. The summed E-state index contributed by atoms with van der Waals surface area (Å²) in [5.41, 5.74) is 0. The Morgan fingerprint density at radius 2 is 2.38 bits per heavy atom. The van der Waals surface area contributed by atoms with Gasteiger partial charge in [0.15, 0.2) is 5.82 Å². The van der Waals surface area contributed by atoms with E-state index in [1.54, 1.807) is 0 Å². The molecule has 2 aromatic rings. The number of urea groups is 1. The molecule has 0 aromatic carbocycles. The maximum absolute atomic E-state index is 12.1. The zero-order chi connectivity index (χ0) is 16.9. The van der Waals surface area contributed by atoms with Crippen LogP contribution in [0.1, 0.15) is 38.6 Å². The van der Waals surface area contributed by atoms with Gasteiger partial charge in [-0.25, -0.2) is 9.78 Å². The molecule has 10 nitrogen and oxygen atoms in total. The summed E-state index contributed by atoms with van der Waals surface area (Å²) in [6.07, 6.45) is 3.46. The molecule has 0 bridgehead atoms. The van der Waals surface area contributed by atoms with Crippen LogP contribution in [0, 0.1) is 5.92 Å². The van der Waals surface area contributed by atoms with E-state index in [4.69, 9.17) is 9.26 Å². The summed E-state index contributed by atoms with van der Waals surface area (Å²) in [7, 11) is 0. The summed E-state index contributed by atoms with van der Waals surface area (Å²) >= 11 is 0. The number of amides is 2. The first kappa shape index (κ1) is 16.4. The van der Waals surface area contributed by atoms with Crippen molar-refractivity contribution in [3.05, 3.63) is 12.2 Å². The Bertz CT molecular complexity index is 649. The van der Waals surface area contributed by atoms with Crippen LogP contribution < -0.4 is 10.6 Å². The van der Waals surface area contributed by atoms with E-state index in [1.807, 2.05) is 13.8 Å². The van der Waals surface area contributed by atoms with Crippen molar-refractivity contribution in [1.82, 2.24) is 36.0 Å². The van der Waals surface area contributed by atoms with Crippen molar-refractivity contribution in [2.45, 2.75) is 38.8 Å². The summed E-state index contributed by atoms with van der Waals surface area (Å²) in [6.45, 7) is 5.17. The van der Waals surface area contributed by atoms with Crippen molar-refractivity contribution in [2.24, 2.45) is 5.92 Å². The highest BCUT2D eigenvalue weighted by atomic mass is 16.5. The Morgan fingerprint density at radius 1 is 1.50 bits per heavy atom. The number of carbonyl (C=O) groups is 1. The van der Waals surface area contributed by atoms with Gasteiger partial charge in [-0.2, -0.15) is 10.1 Å². The molecule has 1 aliphatic rings. The number of hydrogen-bond donors (Lipinski definition) is 3. The zero-order valence-corrected chi connectivity index (χ0v) is 13.7. The van der Waals surface area contributed by atoms with Gasteiger partial charge in [-0.15, -0.1) is 0 Å². The number of aromatic amines is 1. The summed E-state index contributed by atoms with van der Waals surface area (Å²) in [6, 6.07) is -0.692. The van der Waals surface area contributed by atoms with Gasteiger partial charge in [0.2, 0.25) is 11.7 Å². The summed E-state index contributed by atoms with van der Waals surface area (Å²) < 4.78 is 10.8. The highest BCUT2D eigenvalue weighted by Gasteiger charge is 2.26. The third-order valence-electron chi connectivity index (χ3n) is 3.80. The highest BCUT2D eigenvalue weighted by molar-refractivity contribution is 5.74. The molecule has 2 amide bonds. The SMILES string of the molecule is CC(C)[C@@H](NC(=O)NC[C@H]1CCCO1)c1nc(-c2ncn[nH]2)no1. The minimum atomic E-state index is -0.404. The molecule has 130 valence electrons. The first-order valence-corrected chi connectivity index (χ1v) is 7.99. The van der Waals surface area contributed by atoms with Crippen LogP contribution in [0.15, 0.2) is 10.9 Å². The molecular weight excluding hydrogens is 314 g/mol. The van der Waals surface area contributed by atoms with Crippen LogP contribution in [-0.4, -0.2) is 50.6 Å².